The second-order valence-electron chi connectivity index (χ2n) is 11.2. The summed E-state index contributed by atoms with van der Waals surface area (Å²) in [6, 6.07) is 24.6. The van der Waals surface area contributed by atoms with E-state index in [0.29, 0.717) is 0 Å². The summed E-state index contributed by atoms with van der Waals surface area (Å²) in [4.78, 5) is 0. The number of rotatable bonds is 5. The summed E-state index contributed by atoms with van der Waals surface area (Å²) in [7, 11) is -2.31. The molecule has 0 fully saturated rings. The minimum absolute atomic E-state index is 0.0223. The van der Waals surface area contributed by atoms with Crippen molar-refractivity contribution in [3.05, 3.63) is 92.9 Å². The molecule has 0 heterocycles. The fourth-order valence-electron chi connectivity index (χ4n) is 3.60. The second-order valence-corrected chi connectivity index (χ2v) is 16.7. The minimum atomic E-state index is -1.23. The van der Waals surface area contributed by atoms with Crippen molar-refractivity contribution in [3.8, 4) is 0 Å². The van der Waals surface area contributed by atoms with Crippen molar-refractivity contribution in [1.29, 1.82) is 0 Å². The van der Waals surface area contributed by atoms with Gasteiger partial charge in [-0.05, 0) is 107 Å². The van der Waals surface area contributed by atoms with Crippen molar-refractivity contribution >= 4 is 81.6 Å². The molecule has 0 aliphatic heterocycles. The average Bonchev–Trinajstić information content (AvgIpc) is 2.88. The third kappa shape index (κ3) is 8.40. The lowest BCUT2D eigenvalue weighted by atomic mass is 10.0. The van der Waals surface area contributed by atoms with Gasteiger partial charge in [0.15, 0.2) is 0 Å². The zero-order valence-electron chi connectivity index (χ0n) is 23.4. The van der Waals surface area contributed by atoms with Crippen LogP contribution in [0.2, 0.25) is 0 Å². The Labute approximate surface area is 254 Å². The molecule has 39 heavy (non-hydrogen) atoms. The highest BCUT2D eigenvalue weighted by Crippen LogP contribution is 2.32. The summed E-state index contributed by atoms with van der Waals surface area (Å²) < 4.78 is 32.9. The second kappa shape index (κ2) is 13.3. The molecule has 0 radical (unpaired) electrons. The first kappa shape index (κ1) is 31.8. The van der Waals surface area contributed by atoms with E-state index in [9.17, 15) is 8.42 Å². The minimum Gasteiger partial charge on any atom is -0.242 e. The van der Waals surface area contributed by atoms with Crippen molar-refractivity contribution in [2.24, 2.45) is 4.40 Å². The first-order valence-corrected chi connectivity index (χ1v) is 16.5. The molecule has 3 unspecified atom stereocenters. The van der Waals surface area contributed by atoms with E-state index in [0.717, 1.165) is 25.5 Å². The molecule has 8 heteroatoms. The van der Waals surface area contributed by atoms with E-state index in [-0.39, 0.29) is 15.5 Å². The molecule has 4 aromatic rings. The molecule has 4 rings (SSSR count). The van der Waals surface area contributed by atoms with Crippen LogP contribution in [0.4, 0.5) is 0 Å². The summed E-state index contributed by atoms with van der Waals surface area (Å²) >= 11 is 7.28. The molecular formula is C31H36Br2N2O2S2. The van der Waals surface area contributed by atoms with Crippen LogP contribution in [0, 0.1) is 0 Å². The lowest BCUT2D eigenvalue weighted by molar-refractivity contribution is 0.616. The third-order valence-electron chi connectivity index (χ3n) is 5.90. The van der Waals surface area contributed by atoms with Crippen LogP contribution in [0.5, 0.6) is 0 Å². The molecule has 0 aliphatic rings. The van der Waals surface area contributed by atoms with Gasteiger partial charge >= 0.3 is 0 Å². The van der Waals surface area contributed by atoms with Gasteiger partial charge in [0.05, 0.1) is 20.5 Å². The molecule has 0 saturated carbocycles. The highest BCUT2D eigenvalue weighted by atomic mass is 79.9. The maximum absolute atomic E-state index is 12.2. The van der Waals surface area contributed by atoms with Crippen LogP contribution in [0.25, 0.3) is 21.5 Å². The van der Waals surface area contributed by atoms with Crippen molar-refractivity contribution in [1.82, 2.24) is 4.72 Å². The predicted molar refractivity (Wildman–Crippen MR) is 178 cm³/mol. The van der Waals surface area contributed by atoms with Gasteiger partial charge in [0.25, 0.3) is 0 Å². The number of benzene rings is 4. The van der Waals surface area contributed by atoms with Gasteiger partial charge in [-0.1, -0.05) is 72.8 Å². The fourth-order valence-corrected chi connectivity index (χ4v) is 6.36. The highest BCUT2D eigenvalue weighted by molar-refractivity contribution is 9.11. The molecule has 3 atom stereocenters. The van der Waals surface area contributed by atoms with Crippen molar-refractivity contribution < 1.29 is 8.42 Å². The molecule has 4 nitrogen and oxygen atoms in total. The van der Waals surface area contributed by atoms with Gasteiger partial charge in [0.1, 0.15) is 11.0 Å². The standard InChI is InChI=1S/C16H20BrNOS.C15H16BrNOS/c1-11(18-20(19)16(2,3)4)13-10-9-12-7-5-6-8-14(12)15(13)17;1-15(2,3)19(18)17-10-12-9-8-11-6-4-5-7-13(11)14(12)16/h5-11,18H,1-4H3;4-10H,1-3H3. The van der Waals surface area contributed by atoms with Crippen LogP contribution in [-0.4, -0.2) is 24.1 Å². The molecule has 0 spiro atoms. The van der Waals surface area contributed by atoms with E-state index in [1.165, 1.54) is 16.2 Å². The summed E-state index contributed by atoms with van der Waals surface area (Å²) in [5.74, 6) is 0. The number of nitrogens with one attached hydrogen (secondary N) is 1. The summed E-state index contributed by atoms with van der Waals surface area (Å²) in [5, 5.41) is 4.68. The molecule has 0 saturated heterocycles. The van der Waals surface area contributed by atoms with Crippen LogP contribution in [0.15, 0.2) is 86.1 Å². The van der Waals surface area contributed by atoms with Crippen molar-refractivity contribution in [2.75, 3.05) is 0 Å². The average molecular weight is 693 g/mol. The lowest BCUT2D eigenvalue weighted by Crippen LogP contribution is -2.34. The van der Waals surface area contributed by atoms with Gasteiger partial charge in [-0.2, -0.15) is 4.40 Å². The van der Waals surface area contributed by atoms with E-state index >= 15 is 0 Å². The van der Waals surface area contributed by atoms with Gasteiger partial charge in [0.2, 0.25) is 0 Å². The summed E-state index contributed by atoms with van der Waals surface area (Å²) in [6.07, 6.45) is 1.68. The Bertz CT molecular complexity index is 1540. The van der Waals surface area contributed by atoms with E-state index in [2.05, 4.69) is 77.4 Å². The van der Waals surface area contributed by atoms with Crippen molar-refractivity contribution in [2.45, 2.75) is 64.0 Å². The molecule has 0 aromatic heterocycles. The van der Waals surface area contributed by atoms with Crippen LogP contribution in [-0.2, 0) is 22.0 Å². The largest absolute Gasteiger partial charge is 0.242 e. The lowest BCUT2D eigenvalue weighted by Gasteiger charge is -2.23. The van der Waals surface area contributed by atoms with Crippen LogP contribution >= 0.6 is 31.9 Å². The Balaban J connectivity index is 0.000000216. The Morgan fingerprint density at radius 3 is 1.79 bits per heavy atom. The third-order valence-corrected chi connectivity index (χ3v) is 10.7. The number of halogens is 2. The molecular weight excluding hydrogens is 656 g/mol. The quantitative estimate of drug-likeness (QED) is 0.212. The number of fused-ring (bicyclic) bond motifs is 2. The monoisotopic (exact) mass is 690 g/mol. The molecule has 1 N–H and O–H groups in total. The zero-order valence-corrected chi connectivity index (χ0v) is 28.2. The van der Waals surface area contributed by atoms with Crippen LogP contribution in [0.1, 0.15) is 65.6 Å². The fraction of sp³-hybridized carbons (Fsp3) is 0.323. The Kier molecular flexibility index (Phi) is 10.9. The van der Waals surface area contributed by atoms with Crippen LogP contribution in [0.3, 0.4) is 0 Å². The zero-order chi connectivity index (χ0) is 29.0. The van der Waals surface area contributed by atoms with E-state index in [1.807, 2.05) is 84.9 Å². The van der Waals surface area contributed by atoms with E-state index in [1.54, 1.807) is 6.21 Å². The first-order chi connectivity index (χ1) is 18.2. The summed E-state index contributed by atoms with van der Waals surface area (Å²) in [5.41, 5.74) is 2.07. The molecule has 0 bridgehead atoms. The van der Waals surface area contributed by atoms with Gasteiger partial charge in [0, 0.05) is 26.8 Å². The number of hydrogen-bond donors (Lipinski definition) is 1. The topological polar surface area (TPSA) is 58.5 Å². The molecule has 0 amide bonds. The predicted octanol–water partition coefficient (Wildman–Crippen LogP) is 9.20. The van der Waals surface area contributed by atoms with E-state index < -0.39 is 22.0 Å². The molecule has 4 aromatic carbocycles. The molecule has 0 aliphatic carbocycles. The SMILES string of the molecule is CC(C)(C)S(=O)N=Cc1ccc2ccccc2c1Br.CC(NS(=O)C(C)(C)C)c1ccc2ccccc2c1Br. The van der Waals surface area contributed by atoms with Gasteiger partial charge in [-0.3, -0.25) is 0 Å². The van der Waals surface area contributed by atoms with Gasteiger partial charge in [-0.25, -0.2) is 13.1 Å². The Morgan fingerprint density at radius 2 is 1.26 bits per heavy atom. The maximum Gasteiger partial charge on any atom is 0.144 e. The van der Waals surface area contributed by atoms with Crippen LogP contribution < -0.4 is 4.72 Å². The Morgan fingerprint density at radius 1 is 0.744 bits per heavy atom. The van der Waals surface area contributed by atoms with Gasteiger partial charge < -0.3 is 0 Å². The highest BCUT2D eigenvalue weighted by Gasteiger charge is 2.23. The number of hydrogen-bond acceptors (Lipinski definition) is 2. The Hall–Kier alpha value is -1.71. The summed E-state index contributed by atoms with van der Waals surface area (Å²) in [6.45, 7) is 13.7. The smallest absolute Gasteiger partial charge is 0.144 e. The normalized spacial score (nSPS) is 14.7. The maximum atomic E-state index is 12.2. The van der Waals surface area contributed by atoms with Gasteiger partial charge in [-0.15, -0.1) is 0 Å². The molecule has 208 valence electrons. The van der Waals surface area contributed by atoms with E-state index in [4.69, 9.17) is 0 Å². The number of nitrogens with zero attached hydrogens (tertiary/aromatic N) is 1. The first-order valence-electron chi connectivity index (χ1n) is 12.7. The van der Waals surface area contributed by atoms with Crippen molar-refractivity contribution in [3.63, 3.8) is 0 Å².